The van der Waals surface area contributed by atoms with E-state index in [-0.39, 0.29) is 5.75 Å². The van der Waals surface area contributed by atoms with E-state index in [1.165, 1.54) is 22.9 Å². The standard InChI is InChI=1S/C20H24N4O2S2/c1-4-28(25,26)21-12-13-27-20-23-22-19(17-8-6-5-7-9-17)24(20)18-11-10-15(2)16(3)14-18/h5-11,14,21H,4,12-13H2,1-3H3. The van der Waals surface area contributed by atoms with Gasteiger partial charge in [0.2, 0.25) is 10.0 Å². The molecular formula is C20H24N4O2S2. The topological polar surface area (TPSA) is 76.9 Å². The molecule has 1 N–H and O–H groups in total. The minimum Gasteiger partial charge on any atom is -0.270 e. The third-order valence-electron chi connectivity index (χ3n) is 4.45. The molecule has 8 heteroatoms. The van der Waals surface area contributed by atoms with Crippen molar-refractivity contribution in [3.8, 4) is 17.1 Å². The molecule has 0 fully saturated rings. The van der Waals surface area contributed by atoms with Crippen molar-refractivity contribution in [2.24, 2.45) is 0 Å². The smallest absolute Gasteiger partial charge is 0.211 e. The van der Waals surface area contributed by atoms with Gasteiger partial charge in [0.15, 0.2) is 11.0 Å². The molecule has 0 atom stereocenters. The molecule has 3 aromatic rings. The number of thioether (sulfide) groups is 1. The molecular weight excluding hydrogens is 392 g/mol. The van der Waals surface area contributed by atoms with Gasteiger partial charge in [0.1, 0.15) is 0 Å². The SMILES string of the molecule is CCS(=O)(=O)NCCSc1nnc(-c2ccccc2)n1-c1ccc(C)c(C)c1. The maximum absolute atomic E-state index is 11.6. The summed E-state index contributed by atoms with van der Waals surface area (Å²) >= 11 is 1.48. The molecule has 0 bridgehead atoms. The molecule has 0 spiro atoms. The Balaban J connectivity index is 1.92. The van der Waals surface area contributed by atoms with Gasteiger partial charge in [-0.15, -0.1) is 10.2 Å². The highest BCUT2D eigenvalue weighted by Crippen LogP contribution is 2.28. The lowest BCUT2D eigenvalue weighted by Gasteiger charge is -2.12. The number of benzene rings is 2. The summed E-state index contributed by atoms with van der Waals surface area (Å²) in [5.74, 6) is 1.41. The van der Waals surface area contributed by atoms with E-state index < -0.39 is 10.0 Å². The fourth-order valence-electron chi connectivity index (χ4n) is 2.68. The van der Waals surface area contributed by atoms with Crippen LogP contribution in [0.1, 0.15) is 18.1 Å². The van der Waals surface area contributed by atoms with Crippen LogP contribution in [0.25, 0.3) is 17.1 Å². The molecule has 3 rings (SSSR count). The zero-order chi connectivity index (χ0) is 20.1. The van der Waals surface area contributed by atoms with Gasteiger partial charge in [0, 0.05) is 17.9 Å². The van der Waals surface area contributed by atoms with Crippen LogP contribution >= 0.6 is 11.8 Å². The van der Waals surface area contributed by atoms with Gasteiger partial charge in [0.25, 0.3) is 0 Å². The molecule has 2 aromatic carbocycles. The van der Waals surface area contributed by atoms with Crippen LogP contribution in [0.4, 0.5) is 0 Å². The molecule has 6 nitrogen and oxygen atoms in total. The quantitative estimate of drug-likeness (QED) is 0.449. The number of sulfonamides is 1. The van der Waals surface area contributed by atoms with Crippen LogP contribution < -0.4 is 4.72 Å². The Morgan fingerprint density at radius 1 is 1.04 bits per heavy atom. The van der Waals surface area contributed by atoms with E-state index in [1.54, 1.807) is 6.92 Å². The summed E-state index contributed by atoms with van der Waals surface area (Å²) in [4.78, 5) is 0. The first-order valence-electron chi connectivity index (χ1n) is 9.10. The summed E-state index contributed by atoms with van der Waals surface area (Å²) in [6.45, 7) is 6.13. The van der Waals surface area contributed by atoms with Crippen LogP contribution in [-0.2, 0) is 10.0 Å². The van der Waals surface area contributed by atoms with E-state index in [2.05, 4.69) is 47.0 Å². The molecule has 0 saturated heterocycles. The van der Waals surface area contributed by atoms with Crippen molar-refractivity contribution in [1.29, 1.82) is 0 Å². The maximum atomic E-state index is 11.6. The number of nitrogens with one attached hydrogen (secondary N) is 1. The molecule has 1 aromatic heterocycles. The summed E-state index contributed by atoms with van der Waals surface area (Å²) < 4.78 is 27.8. The lowest BCUT2D eigenvalue weighted by Crippen LogP contribution is -2.27. The third-order valence-corrected chi connectivity index (χ3v) is 6.78. The summed E-state index contributed by atoms with van der Waals surface area (Å²) in [5.41, 5.74) is 4.38. The summed E-state index contributed by atoms with van der Waals surface area (Å²) in [6.07, 6.45) is 0. The van der Waals surface area contributed by atoms with Crippen molar-refractivity contribution in [2.75, 3.05) is 18.1 Å². The van der Waals surface area contributed by atoms with Gasteiger partial charge in [-0.25, -0.2) is 13.1 Å². The fourth-order valence-corrected chi connectivity index (χ4v) is 4.23. The minimum absolute atomic E-state index is 0.0780. The zero-order valence-electron chi connectivity index (χ0n) is 16.2. The number of aromatic nitrogens is 3. The number of hydrogen-bond donors (Lipinski definition) is 1. The second-order valence-corrected chi connectivity index (χ2v) is 9.58. The van der Waals surface area contributed by atoms with Crippen molar-refractivity contribution >= 4 is 21.8 Å². The van der Waals surface area contributed by atoms with Crippen LogP contribution in [0.2, 0.25) is 0 Å². The van der Waals surface area contributed by atoms with Crippen LogP contribution in [0.5, 0.6) is 0 Å². The summed E-state index contributed by atoms with van der Waals surface area (Å²) in [6, 6.07) is 16.2. The maximum Gasteiger partial charge on any atom is 0.211 e. The first kappa shape index (κ1) is 20.6. The van der Waals surface area contributed by atoms with E-state index in [9.17, 15) is 8.42 Å². The molecule has 148 valence electrons. The summed E-state index contributed by atoms with van der Waals surface area (Å²) in [7, 11) is -3.19. The average Bonchev–Trinajstić information content (AvgIpc) is 3.12. The number of nitrogens with zero attached hydrogens (tertiary/aromatic N) is 3. The van der Waals surface area contributed by atoms with Gasteiger partial charge >= 0.3 is 0 Å². The monoisotopic (exact) mass is 416 g/mol. The zero-order valence-corrected chi connectivity index (χ0v) is 17.8. The highest BCUT2D eigenvalue weighted by molar-refractivity contribution is 7.99. The number of aryl methyl sites for hydroxylation is 2. The Bertz CT molecular complexity index is 1050. The van der Waals surface area contributed by atoms with E-state index in [0.29, 0.717) is 12.3 Å². The summed E-state index contributed by atoms with van der Waals surface area (Å²) in [5, 5.41) is 9.52. The predicted octanol–water partition coefficient (Wildman–Crippen LogP) is 3.58. The normalized spacial score (nSPS) is 11.7. The molecule has 0 aliphatic heterocycles. The lowest BCUT2D eigenvalue weighted by atomic mass is 10.1. The Labute approximate surface area is 170 Å². The van der Waals surface area contributed by atoms with Crippen LogP contribution in [0.15, 0.2) is 53.7 Å². The van der Waals surface area contributed by atoms with Crippen molar-refractivity contribution in [2.45, 2.75) is 25.9 Å². The van der Waals surface area contributed by atoms with Crippen molar-refractivity contribution in [1.82, 2.24) is 19.5 Å². The third kappa shape index (κ3) is 4.81. The first-order chi connectivity index (χ1) is 13.4. The number of hydrogen-bond acceptors (Lipinski definition) is 5. The van der Waals surface area contributed by atoms with Crippen LogP contribution in [0, 0.1) is 13.8 Å². The number of rotatable bonds is 8. The Kier molecular flexibility index (Phi) is 6.53. The average molecular weight is 417 g/mol. The largest absolute Gasteiger partial charge is 0.270 e. The van der Waals surface area contributed by atoms with Crippen molar-refractivity contribution in [3.05, 3.63) is 59.7 Å². The molecule has 0 unspecified atom stereocenters. The molecule has 0 saturated carbocycles. The molecule has 0 aliphatic carbocycles. The Morgan fingerprint density at radius 2 is 1.79 bits per heavy atom. The van der Waals surface area contributed by atoms with Gasteiger partial charge < -0.3 is 0 Å². The van der Waals surface area contributed by atoms with Crippen LogP contribution in [-0.4, -0.2) is 41.2 Å². The Morgan fingerprint density at radius 3 is 2.46 bits per heavy atom. The van der Waals surface area contributed by atoms with Crippen molar-refractivity contribution < 1.29 is 8.42 Å². The van der Waals surface area contributed by atoms with Gasteiger partial charge in [-0.2, -0.15) is 0 Å². The second-order valence-electron chi connectivity index (χ2n) is 6.42. The molecule has 0 aliphatic rings. The van der Waals surface area contributed by atoms with E-state index in [0.717, 1.165) is 22.2 Å². The molecule has 1 heterocycles. The van der Waals surface area contributed by atoms with Gasteiger partial charge in [0.05, 0.1) is 11.4 Å². The first-order valence-corrected chi connectivity index (χ1v) is 11.7. The minimum atomic E-state index is -3.19. The Hall–Kier alpha value is -2.16. The van der Waals surface area contributed by atoms with Crippen molar-refractivity contribution in [3.63, 3.8) is 0 Å². The van der Waals surface area contributed by atoms with Gasteiger partial charge in [-0.1, -0.05) is 48.2 Å². The lowest BCUT2D eigenvalue weighted by molar-refractivity contribution is 0.585. The predicted molar refractivity (Wildman–Crippen MR) is 114 cm³/mol. The van der Waals surface area contributed by atoms with Crippen LogP contribution in [0.3, 0.4) is 0 Å². The second kappa shape index (κ2) is 8.89. The van der Waals surface area contributed by atoms with E-state index in [1.807, 2.05) is 34.9 Å². The fraction of sp³-hybridized carbons (Fsp3) is 0.300. The molecule has 28 heavy (non-hydrogen) atoms. The highest BCUT2D eigenvalue weighted by atomic mass is 32.2. The van der Waals surface area contributed by atoms with Gasteiger partial charge in [-0.05, 0) is 44.0 Å². The van der Waals surface area contributed by atoms with E-state index in [4.69, 9.17) is 0 Å². The van der Waals surface area contributed by atoms with Gasteiger partial charge in [-0.3, -0.25) is 4.57 Å². The molecule has 0 amide bonds. The van der Waals surface area contributed by atoms with E-state index >= 15 is 0 Å². The highest BCUT2D eigenvalue weighted by Gasteiger charge is 2.16. The molecule has 0 radical (unpaired) electrons.